The second-order valence-electron chi connectivity index (χ2n) is 3.68. The summed E-state index contributed by atoms with van der Waals surface area (Å²) in [7, 11) is 0. The average Bonchev–Trinajstić information content (AvgIpc) is 2.74. The maximum absolute atomic E-state index is 12.0. The van der Waals surface area contributed by atoms with Gasteiger partial charge >= 0.3 is 0 Å². The van der Waals surface area contributed by atoms with Gasteiger partial charge in [0.05, 0.1) is 5.56 Å². The number of carbonyl (C=O) groups is 2. The molecular formula is C12H11N3O2S. The number of nitrogens with one attached hydrogen (secondary N) is 1. The normalized spacial score (nSPS) is 10.1. The van der Waals surface area contributed by atoms with Gasteiger partial charge in [-0.3, -0.25) is 14.9 Å². The number of hydrogen-bond acceptors (Lipinski definition) is 5. The molecule has 2 aromatic rings. The van der Waals surface area contributed by atoms with Crippen LogP contribution in [0.2, 0.25) is 0 Å². The van der Waals surface area contributed by atoms with E-state index in [9.17, 15) is 9.59 Å². The highest BCUT2D eigenvalue weighted by atomic mass is 32.1. The van der Waals surface area contributed by atoms with Gasteiger partial charge in [0.25, 0.3) is 5.91 Å². The highest BCUT2D eigenvalue weighted by Crippen LogP contribution is 2.16. The number of amides is 1. The van der Waals surface area contributed by atoms with E-state index in [1.165, 1.54) is 18.3 Å². The lowest BCUT2D eigenvalue weighted by Gasteiger charge is -2.05. The summed E-state index contributed by atoms with van der Waals surface area (Å²) in [5.74, 6) is -0.494. The number of anilines is 1. The Kier molecular flexibility index (Phi) is 3.47. The zero-order chi connectivity index (χ0) is 13.1. The zero-order valence-corrected chi connectivity index (χ0v) is 10.7. The van der Waals surface area contributed by atoms with Crippen LogP contribution in [0.25, 0.3) is 0 Å². The minimum Gasteiger partial charge on any atom is -0.296 e. The quantitative estimate of drug-likeness (QED) is 0.860. The van der Waals surface area contributed by atoms with Crippen molar-refractivity contribution in [3.05, 3.63) is 40.4 Å². The molecule has 18 heavy (non-hydrogen) atoms. The predicted octanol–water partition coefficient (Wildman–Crippen LogP) is 2.30. The van der Waals surface area contributed by atoms with E-state index < -0.39 is 0 Å². The smallest absolute Gasteiger partial charge is 0.258 e. The predicted molar refractivity (Wildman–Crippen MR) is 69.0 cm³/mol. The molecule has 0 unspecified atom stereocenters. The third-order valence-corrected chi connectivity index (χ3v) is 3.05. The van der Waals surface area contributed by atoms with Crippen molar-refractivity contribution in [2.24, 2.45) is 0 Å². The van der Waals surface area contributed by atoms with Gasteiger partial charge in [-0.1, -0.05) is 29.5 Å². The molecule has 0 aliphatic heterocycles. The molecule has 0 radical (unpaired) electrons. The number of nitrogens with zero attached hydrogens (tertiary/aromatic N) is 2. The van der Waals surface area contributed by atoms with E-state index in [-0.39, 0.29) is 11.7 Å². The number of benzene rings is 1. The standard InChI is InChI=1S/C12H11N3O2S/c1-7(16)9-5-3-4-6-10(9)11(17)13-12-15-14-8(2)18-12/h3-6H,1-2H3,(H,13,15,17). The van der Waals surface area contributed by atoms with Gasteiger partial charge in [-0.25, -0.2) is 0 Å². The summed E-state index contributed by atoms with van der Waals surface area (Å²) >= 11 is 1.29. The first-order valence-corrected chi connectivity index (χ1v) is 6.11. The Morgan fingerprint density at radius 2 is 1.83 bits per heavy atom. The molecule has 5 nitrogen and oxygen atoms in total. The van der Waals surface area contributed by atoms with Crippen LogP contribution in [0.3, 0.4) is 0 Å². The molecule has 0 atom stereocenters. The fraction of sp³-hybridized carbons (Fsp3) is 0.167. The fourth-order valence-corrected chi connectivity index (χ4v) is 2.09. The minimum atomic E-state index is -0.350. The molecule has 1 N–H and O–H groups in total. The Hall–Kier alpha value is -2.08. The largest absolute Gasteiger partial charge is 0.296 e. The zero-order valence-electron chi connectivity index (χ0n) is 9.93. The summed E-state index contributed by atoms with van der Waals surface area (Å²) in [4.78, 5) is 23.4. The molecule has 1 heterocycles. The summed E-state index contributed by atoms with van der Waals surface area (Å²) in [6.45, 7) is 3.23. The van der Waals surface area contributed by atoms with E-state index >= 15 is 0 Å². The third-order valence-electron chi connectivity index (χ3n) is 2.30. The van der Waals surface area contributed by atoms with Gasteiger partial charge < -0.3 is 0 Å². The van der Waals surface area contributed by atoms with E-state index in [0.717, 1.165) is 5.01 Å². The van der Waals surface area contributed by atoms with Crippen molar-refractivity contribution in [3.8, 4) is 0 Å². The minimum absolute atomic E-state index is 0.144. The monoisotopic (exact) mass is 261 g/mol. The fourth-order valence-electron chi connectivity index (χ4n) is 1.50. The van der Waals surface area contributed by atoms with Gasteiger partial charge in [-0.15, -0.1) is 10.2 Å². The SMILES string of the molecule is CC(=O)c1ccccc1C(=O)Nc1nnc(C)s1. The average molecular weight is 261 g/mol. The highest BCUT2D eigenvalue weighted by molar-refractivity contribution is 7.15. The van der Waals surface area contributed by atoms with E-state index in [0.29, 0.717) is 16.3 Å². The maximum atomic E-state index is 12.0. The van der Waals surface area contributed by atoms with Crippen molar-refractivity contribution in [2.75, 3.05) is 5.32 Å². The van der Waals surface area contributed by atoms with Gasteiger partial charge in [0, 0.05) is 5.56 Å². The molecule has 0 aliphatic carbocycles. The van der Waals surface area contributed by atoms with Gasteiger partial charge in [0.2, 0.25) is 5.13 Å². The maximum Gasteiger partial charge on any atom is 0.258 e. The van der Waals surface area contributed by atoms with Crippen molar-refractivity contribution >= 4 is 28.2 Å². The van der Waals surface area contributed by atoms with Crippen molar-refractivity contribution in [3.63, 3.8) is 0 Å². The lowest BCUT2D eigenvalue weighted by atomic mass is 10.0. The topological polar surface area (TPSA) is 72.0 Å². The molecule has 92 valence electrons. The Morgan fingerprint density at radius 3 is 2.39 bits per heavy atom. The lowest BCUT2D eigenvalue weighted by molar-refractivity contribution is 0.0985. The van der Waals surface area contributed by atoms with Crippen LogP contribution in [0, 0.1) is 6.92 Å². The van der Waals surface area contributed by atoms with Crippen molar-refractivity contribution in [1.29, 1.82) is 0 Å². The van der Waals surface area contributed by atoms with Gasteiger partial charge in [0.1, 0.15) is 5.01 Å². The highest BCUT2D eigenvalue weighted by Gasteiger charge is 2.15. The number of ketones is 1. The summed E-state index contributed by atoms with van der Waals surface area (Å²) < 4.78 is 0. The van der Waals surface area contributed by atoms with Crippen molar-refractivity contribution < 1.29 is 9.59 Å². The Bertz CT molecular complexity index is 607. The summed E-state index contributed by atoms with van der Waals surface area (Å²) in [6, 6.07) is 6.68. The number of aromatic nitrogens is 2. The number of Topliss-reactive ketones (excluding diaryl/α,β-unsaturated/α-hetero) is 1. The van der Waals surface area contributed by atoms with Crippen LogP contribution < -0.4 is 5.32 Å². The molecular weight excluding hydrogens is 250 g/mol. The number of aryl methyl sites for hydroxylation is 1. The Labute approximate surface area is 108 Å². The number of rotatable bonds is 3. The molecule has 0 saturated heterocycles. The molecule has 0 saturated carbocycles. The first-order chi connectivity index (χ1) is 8.58. The van der Waals surface area contributed by atoms with Crippen molar-refractivity contribution in [2.45, 2.75) is 13.8 Å². The van der Waals surface area contributed by atoms with Crippen LogP contribution in [0.5, 0.6) is 0 Å². The lowest BCUT2D eigenvalue weighted by Crippen LogP contribution is -2.15. The molecule has 2 rings (SSSR count). The molecule has 0 bridgehead atoms. The van der Waals surface area contributed by atoms with E-state index in [4.69, 9.17) is 0 Å². The van der Waals surface area contributed by atoms with E-state index in [1.807, 2.05) is 0 Å². The van der Waals surface area contributed by atoms with Crippen LogP contribution in [0.4, 0.5) is 5.13 Å². The molecule has 1 aromatic heterocycles. The van der Waals surface area contributed by atoms with Crippen LogP contribution in [0.15, 0.2) is 24.3 Å². The van der Waals surface area contributed by atoms with E-state index in [2.05, 4.69) is 15.5 Å². The second-order valence-corrected chi connectivity index (χ2v) is 4.86. The summed E-state index contributed by atoms with van der Waals surface area (Å²) in [5, 5.41) is 11.4. The summed E-state index contributed by atoms with van der Waals surface area (Å²) in [6.07, 6.45) is 0. The molecule has 6 heteroatoms. The molecule has 0 fully saturated rings. The van der Waals surface area contributed by atoms with Crippen LogP contribution in [0.1, 0.15) is 32.6 Å². The van der Waals surface area contributed by atoms with Gasteiger partial charge in [-0.05, 0) is 19.9 Å². The Morgan fingerprint density at radius 1 is 1.17 bits per heavy atom. The molecule has 0 spiro atoms. The number of hydrogen-bond donors (Lipinski definition) is 1. The van der Waals surface area contributed by atoms with Gasteiger partial charge in [0.15, 0.2) is 5.78 Å². The number of carbonyl (C=O) groups excluding carboxylic acids is 2. The molecule has 1 aromatic carbocycles. The van der Waals surface area contributed by atoms with Crippen LogP contribution >= 0.6 is 11.3 Å². The second kappa shape index (κ2) is 5.05. The van der Waals surface area contributed by atoms with Crippen LogP contribution in [-0.4, -0.2) is 21.9 Å². The van der Waals surface area contributed by atoms with Crippen LogP contribution in [-0.2, 0) is 0 Å². The Balaban J connectivity index is 2.26. The first kappa shape index (κ1) is 12.4. The van der Waals surface area contributed by atoms with Crippen molar-refractivity contribution in [1.82, 2.24) is 10.2 Å². The molecule has 1 amide bonds. The molecule has 0 aliphatic rings. The summed E-state index contributed by atoms with van der Waals surface area (Å²) in [5.41, 5.74) is 0.745. The third kappa shape index (κ3) is 2.60. The van der Waals surface area contributed by atoms with Gasteiger partial charge in [-0.2, -0.15) is 0 Å². The van der Waals surface area contributed by atoms with E-state index in [1.54, 1.807) is 31.2 Å². The first-order valence-electron chi connectivity index (χ1n) is 5.29.